The fraction of sp³-hybridized carbons (Fsp3) is 0.462. The Morgan fingerprint density at radius 3 is 3.00 bits per heavy atom. The number of ketones is 1. The first-order chi connectivity index (χ1) is 8.63. The SMILES string of the molecule is O=C(Cc1cc(F)cc(Br)c1)CC1CNCCO1. The summed E-state index contributed by atoms with van der Waals surface area (Å²) in [6.45, 7) is 2.18. The molecule has 0 amide bonds. The number of carbonyl (C=O) groups is 1. The molecule has 5 heteroatoms. The molecule has 1 unspecified atom stereocenters. The third-order valence-electron chi connectivity index (χ3n) is 2.78. The summed E-state index contributed by atoms with van der Waals surface area (Å²) in [4.78, 5) is 11.9. The summed E-state index contributed by atoms with van der Waals surface area (Å²) in [5.41, 5.74) is 0.690. The number of carbonyl (C=O) groups excluding carboxylic acids is 1. The predicted molar refractivity (Wildman–Crippen MR) is 70.0 cm³/mol. The van der Waals surface area contributed by atoms with Crippen molar-refractivity contribution in [2.75, 3.05) is 19.7 Å². The molecule has 0 aromatic heterocycles. The van der Waals surface area contributed by atoms with Gasteiger partial charge in [-0.15, -0.1) is 0 Å². The number of hydrogen-bond acceptors (Lipinski definition) is 3. The van der Waals surface area contributed by atoms with E-state index in [9.17, 15) is 9.18 Å². The van der Waals surface area contributed by atoms with Crippen LogP contribution in [-0.2, 0) is 16.0 Å². The molecule has 1 fully saturated rings. The van der Waals surface area contributed by atoms with Gasteiger partial charge in [0, 0.05) is 30.4 Å². The van der Waals surface area contributed by atoms with Gasteiger partial charge in [0.2, 0.25) is 0 Å². The highest BCUT2D eigenvalue weighted by Gasteiger charge is 2.17. The third-order valence-corrected chi connectivity index (χ3v) is 3.24. The molecule has 98 valence electrons. The number of nitrogens with one attached hydrogen (secondary N) is 1. The maximum Gasteiger partial charge on any atom is 0.139 e. The Bertz CT molecular complexity index is 413. The van der Waals surface area contributed by atoms with Crippen molar-refractivity contribution in [3.63, 3.8) is 0 Å². The zero-order valence-electron chi connectivity index (χ0n) is 9.92. The minimum absolute atomic E-state index is 0.0525. The smallest absolute Gasteiger partial charge is 0.139 e. The molecule has 2 rings (SSSR count). The second-order valence-corrected chi connectivity index (χ2v) is 5.31. The summed E-state index contributed by atoms with van der Waals surface area (Å²) in [7, 11) is 0. The van der Waals surface area contributed by atoms with Crippen molar-refractivity contribution in [2.45, 2.75) is 18.9 Å². The van der Waals surface area contributed by atoms with Crippen molar-refractivity contribution in [3.8, 4) is 0 Å². The highest BCUT2D eigenvalue weighted by molar-refractivity contribution is 9.10. The summed E-state index contributed by atoms with van der Waals surface area (Å²) in [6.07, 6.45) is 0.570. The molecule has 18 heavy (non-hydrogen) atoms. The lowest BCUT2D eigenvalue weighted by Crippen LogP contribution is -2.39. The van der Waals surface area contributed by atoms with Crippen LogP contribution in [0.25, 0.3) is 0 Å². The largest absolute Gasteiger partial charge is 0.375 e. The second-order valence-electron chi connectivity index (χ2n) is 4.39. The molecule has 1 N–H and O–H groups in total. The molecule has 0 saturated carbocycles. The van der Waals surface area contributed by atoms with Crippen molar-refractivity contribution in [1.82, 2.24) is 5.32 Å². The van der Waals surface area contributed by atoms with Crippen LogP contribution in [0.4, 0.5) is 4.39 Å². The summed E-state index contributed by atoms with van der Waals surface area (Å²) < 4.78 is 19.3. The Kier molecular flexibility index (Phi) is 4.86. The minimum atomic E-state index is -0.331. The topological polar surface area (TPSA) is 38.3 Å². The van der Waals surface area contributed by atoms with Crippen LogP contribution in [0.15, 0.2) is 22.7 Å². The van der Waals surface area contributed by atoms with Gasteiger partial charge < -0.3 is 10.1 Å². The lowest BCUT2D eigenvalue weighted by molar-refractivity contribution is -0.121. The number of Topliss-reactive ketones (excluding diaryl/α,β-unsaturated/α-hetero) is 1. The Hall–Kier alpha value is -0.780. The predicted octanol–water partition coefficient (Wildman–Crippen LogP) is 2.08. The van der Waals surface area contributed by atoms with Crippen LogP contribution in [0, 0.1) is 5.82 Å². The van der Waals surface area contributed by atoms with E-state index < -0.39 is 0 Å². The summed E-state index contributed by atoms with van der Waals surface area (Å²) in [5.74, 6) is -0.260. The molecular formula is C13H15BrFNO2. The van der Waals surface area contributed by atoms with Gasteiger partial charge in [-0.3, -0.25) is 4.79 Å². The van der Waals surface area contributed by atoms with Crippen molar-refractivity contribution in [1.29, 1.82) is 0 Å². The van der Waals surface area contributed by atoms with Crippen LogP contribution in [0.5, 0.6) is 0 Å². The molecule has 1 aromatic rings. The molecule has 3 nitrogen and oxygen atoms in total. The highest BCUT2D eigenvalue weighted by atomic mass is 79.9. The number of morpholine rings is 1. The molecule has 0 aliphatic carbocycles. The van der Waals surface area contributed by atoms with Gasteiger partial charge in [-0.2, -0.15) is 0 Å². The zero-order chi connectivity index (χ0) is 13.0. The molecule has 1 aromatic carbocycles. The van der Waals surface area contributed by atoms with Gasteiger partial charge in [0.1, 0.15) is 11.6 Å². The first-order valence-corrected chi connectivity index (χ1v) is 6.72. The van der Waals surface area contributed by atoms with Crippen LogP contribution < -0.4 is 5.32 Å². The van der Waals surface area contributed by atoms with E-state index in [0.717, 1.165) is 6.54 Å². The standard InChI is InChI=1S/C13H15BrFNO2/c14-10-3-9(4-11(15)6-10)5-12(17)7-13-8-16-1-2-18-13/h3-4,6,13,16H,1-2,5,7-8H2. The minimum Gasteiger partial charge on any atom is -0.375 e. The van der Waals surface area contributed by atoms with Crippen LogP contribution in [0.1, 0.15) is 12.0 Å². The monoisotopic (exact) mass is 315 g/mol. The third kappa shape index (κ3) is 4.15. The van der Waals surface area contributed by atoms with Gasteiger partial charge in [0.15, 0.2) is 0 Å². The van der Waals surface area contributed by atoms with E-state index in [1.807, 2.05) is 0 Å². The first-order valence-electron chi connectivity index (χ1n) is 5.92. The van der Waals surface area contributed by atoms with Gasteiger partial charge in [0.05, 0.1) is 12.7 Å². The average molecular weight is 316 g/mol. The summed E-state index contributed by atoms with van der Waals surface area (Å²) in [6, 6.07) is 4.53. The van der Waals surface area contributed by atoms with Gasteiger partial charge in [-0.05, 0) is 23.8 Å². The normalized spacial score (nSPS) is 19.8. The fourth-order valence-corrected chi connectivity index (χ4v) is 2.53. The van der Waals surface area contributed by atoms with E-state index in [-0.39, 0.29) is 24.1 Å². The lowest BCUT2D eigenvalue weighted by Gasteiger charge is -2.22. The van der Waals surface area contributed by atoms with Gasteiger partial charge in [-0.1, -0.05) is 15.9 Å². The van der Waals surface area contributed by atoms with Crippen molar-refractivity contribution >= 4 is 21.7 Å². The second kappa shape index (κ2) is 6.41. The van der Waals surface area contributed by atoms with Crippen LogP contribution >= 0.6 is 15.9 Å². The Morgan fingerprint density at radius 2 is 2.33 bits per heavy atom. The van der Waals surface area contributed by atoms with E-state index >= 15 is 0 Å². The molecule has 1 saturated heterocycles. The highest BCUT2D eigenvalue weighted by Crippen LogP contribution is 2.16. The quantitative estimate of drug-likeness (QED) is 0.924. The molecule has 1 aliphatic rings. The molecular weight excluding hydrogens is 301 g/mol. The summed E-state index contributed by atoms with van der Waals surface area (Å²) in [5, 5.41) is 3.18. The maximum absolute atomic E-state index is 13.2. The Morgan fingerprint density at radius 1 is 1.50 bits per heavy atom. The maximum atomic E-state index is 13.2. The Labute approximate surface area is 114 Å². The van der Waals surface area contributed by atoms with E-state index in [4.69, 9.17) is 4.74 Å². The fourth-order valence-electron chi connectivity index (χ4n) is 2.02. The van der Waals surface area contributed by atoms with Crippen molar-refractivity contribution < 1.29 is 13.9 Å². The van der Waals surface area contributed by atoms with Gasteiger partial charge in [-0.25, -0.2) is 4.39 Å². The lowest BCUT2D eigenvalue weighted by atomic mass is 10.0. The van der Waals surface area contributed by atoms with E-state index in [1.54, 1.807) is 6.07 Å². The molecule has 1 atom stereocenters. The number of benzene rings is 1. The molecule has 1 aliphatic heterocycles. The zero-order valence-corrected chi connectivity index (χ0v) is 11.5. The van der Waals surface area contributed by atoms with Gasteiger partial charge >= 0.3 is 0 Å². The molecule has 1 heterocycles. The van der Waals surface area contributed by atoms with Crippen LogP contribution in [-0.4, -0.2) is 31.6 Å². The van der Waals surface area contributed by atoms with Crippen LogP contribution in [0.2, 0.25) is 0 Å². The molecule has 0 spiro atoms. The van der Waals surface area contributed by atoms with E-state index in [0.29, 0.717) is 29.6 Å². The van der Waals surface area contributed by atoms with Crippen molar-refractivity contribution in [3.05, 3.63) is 34.1 Å². The van der Waals surface area contributed by atoms with Gasteiger partial charge in [0.25, 0.3) is 0 Å². The molecule has 0 bridgehead atoms. The average Bonchev–Trinajstić information content (AvgIpc) is 2.28. The van der Waals surface area contributed by atoms with Crippen molar-refractivity contribution in [2.24, 2.45) is 0 Å². The number of hydrogen-bond donors (Lipinski definition) is 1. The number of rotatable bonds is 4. The molecule has 0 radical (unpaired) electrons. The first kappa shape index (κ1) is 13.6. The number of ether oxygens (including phenoxy) is 1. The van der Waals surface area contributed by atoms with E-state index in [2.05, 4.69) is 21.2 Å². The van der Waals surface area contributed by atoms with Crippen LogP contribution in [0.3, 0.4) is 0 Å². The summed E-state index contributed by atoms with van der Waals surface area (Å²) >= 11 is 3.22. The van der Waals surface area contributed by atoms with E-state index in [1.165, 1.54) is 12.1 Å². The Balaban J connectivity index is 1.89. The number of halogens is 2.